The molecular weight excluding hydrogens is 254 g/mol. The Bertz CT molecular complexity index is 446. The van der Waals surface area contributed by atoms with E-state index in [9.17, 15) is 10.2 Å². The SMILES string of the molecule is COc1nc(N)nc(N(C)[C@@H]2C[C@H](O)[C@H](O)CO2)n1. The van der Waals surface area contributed by atoms with Gasteiger partial charge in [-0.25, -0.2) is 0 Å². The molecule has 0 unspecified atom stereocenters. The topological polar surface area (TPSA) is 127 Å². The first-order chi connectivity index (χ1) is 9.01. The highest BCUT2D eigenvalue weighted by Crippen LogP contribution is 2.21. The average Bonchev–Trinajstić information content (AvgIpc) is 2.40. The van der Waals surface area contributed by atoms with Crippen LogP contribution in [-0.2, 0) is 4.74 Å². The van der Waals surface area contributed by atoms with E-state index in [0.717, 1.165) is 0 Å². The lowest BCUT2D eigenvalue weighted by Crippen LogP contribution is -2.48. The van der Waals surface area contributed by atoms with Crippen molar-refractivity contribution in [3.8, 4) is 6.01 Å². The van der Waals surface area contributed by atoms with Crippen molar-refractivity contribution in [2.75, 3.05) is 31.4 Å². The summed E-state index contributed by atoms with van der Waals surface area (Å²) in [6.45, 7) is 0.0495. The van der Waals surface area contributed by atoms with Gasteiger partial charge in [-0.15, -0.1) is 0 Å². The molecule has 0 radical (unpaired) electrons. The van der Waals surface area contributed by atoms with Gasteiger partial charge in [0.15, 0.2) is 0 Å². The molecular formula is C10H17N5O4. The second-order valence-corrected chi connectivity index (χ2v) is 4.25. The van der Waals surface area contributed by atoms with Crippen LogP contribution in [0.2, 0.25) is 0 Å². The summed E-state index contributed by atoms with van der Waals surface area (Å²) < 4.78 is 10.3. The maximum Gasteiger partial charge on any atom is 0.322 e. The van der Waals surface area contributed by atoms with Gasteiger partial charge in [0.25, 0.3) is 0 Å². The van der Waals surface area contributed by atoms with Crippen LogP contribution in [0.4, 0.5) is 11.9 Å². The Balaban J connectivity index is 2.15. The maximum absolute atomic E-state index is 9.64. The number of aliphatic hydroxyl groups excluding tert-OH is 2. The zero-order valence-corrected chi connectivity index (χ0v) is 10.7. The Labute approximate surface area is 110 Å². The van der Waals surface area contributed by atoms with Crippen molar-refractivity contribution in [1.29, 1.82) is 0 Å². The van der Waals surface area contributed by atoms with Gasteiger partial charge in [-0.1, -0.05) is 0 Å². The van der Waals surface area contributed by atoms with Crippen LogP contribution >= 0.6 is 0 Å². The normalized spacial score (nSPS) is 27.1. The summed E-state index contributed by atoms with van der Waals surface area (Å²) in [4.78, 5) is 13.4. The van der Waals surface area contributed by atoms with Crippen molar-refractivity contribution < 1.29 is 19.7 Å². The molecule has 4 N–H and O–H groups in total. The van der Waals surface area contributed by atoms with Crippen LogP contribution in [0.15, 0.2) is 0 Å². The Morgan fingerprint density at radius 1 is 1.32 bits per heavy atom. The number of rotatable bonds is 3. The smallest absolute Gasteiger partial charge is 0.322 e. The van der Waals surface area contributed by atoms with Gasteiger partial charge in [0.2, 0.25) is 11.9 Å². The van der Waals surface area contributed by atoms with E-state index in [0.29, 0.717) is 0 Å². The second-order valence-electron chi connectivity index (χ2n) is 4.25. The third-order valence-corrected chi connectivity index (χ3v) is 2.90. The van der Waals surface area contributed by atoms with E-state index in [-0.39, 0.29) is 30.9 Å². The monoisotopic (exact) mass is 271 g/mol. The van der Waals surface area contributed by atoms with E-state index in [1.807, 2.05) is 0 Å². The Kier molecular flexibility index (Phi) is 3.98. The summed E-state index contributed by atoms with van der Waals surface area (Å²) >= 11 is 0. The zero-order chi connectivity index (χ0) is 14.0. The fraction of sp³-hybridized carbons (Fsp3) is 0.700. The fourth-order valence-corrected chi connectivity index (χ4v) is 1.76. The standard InChI is InChI=1S/C10H17N5O4/c1-15(7-3-5(16)6(17)4-19-7)9-12-8(11)13-10(14-9)18-2/h5-7,16-17H,3-4H2,1-2H3,(H2,11,12,13,14)/t5-,6+,7-/m0/s1. The van der Waals surface area contributed by atoms with Gasteiger partial charge >= 0.3 is 6.01 Å². The van der Waals surface area contributed by atoms with Crippen molar-refractivity contribution in [2.45, 2.75) is 24.9 Å². The lowest BCUT2D eigenvalue weighted by atomic mass is 10.1. The number of nitrogen functional groups attached to an aromatic ring is 1. The van der Waals surface area contributed by atoms with Crippen LogP contribution in [0, 0.1) is 0 Å². The van der Waals surface area contributed by atoms with Crippen LogP contribution in [0.5, 0.6) is 6.01 Å². The predicted octanol–water partition coefficient (Wildman–Crippen LogP) is -1.63. The van der Waals surface area contributed by atoms with Crippen molar-refractivity contribution in [3.63, 3.8) is 0 Å². The summed E-state index contributed by atoms with van der Waals surface area (Å²) in [7, 11) is 3.12. The number of hydrogen-bond acceptors (Lipinski definition) is 9. The van der Waals surface area contributed by atoms with Crippen molar-refractivity contribution >= 4 is 11.9 Å². The molecule has 0 saturated carbocycles. The highest BCUT2D eigenvalue weighted by atomic mass is 16.5. The van der Waals surface area contributed by atoms with Crippen LogP contribution in [0.25, 0.3) is 0 Å². The molecule has 2 rings (SSSR count). The minimum Gasteiger partial charge on any atom is -0.467 e. The van der Waals surface area contributed by atoms with Crippen molar-refractivity contribution in [2.24, 2.45) is 0 Å². The third kappa shape index (κ3) is 3.00. The van der Waals surface area contributed by atoms with Gasteiger partial charge in [0.05, 0.1) is 19.8 Å². The van der Waals surface area contributed by atoms with E-state index in [1.54, 1.807) is 11.9 Å². The van der Waals surface area contributed by atoms with Gasteiger partial charge in [0.1, 0.15) is 12.3 Å². The number of aromatic nitrogens is 3. The number of nitrogens with two attached hydrogens (primary N) is 1. The molecule has 0 bridgehead atoms. The second kappa shape index (κ2) is 5.51. The first-order valence-electron chi connectivity index (χ1n) is 5.77. The van der Waals surface area contributed by atoms with Crippen LogP contribution in [0.3, 0.4) is 0 Å². The molecule has 0 aliphatic carbocycles. The Hall–Kier alpha value is -1.71. The molecule has 1 aliphatic heterocycles. The molecule has 9 heteroatoms. The molecule has 106 valence electrons. The molecule has 19 heavy (non-hydrogen) atoms. The molecule has 1 aromatic heterocycles. The predicted molar refractivity (Wildman–Crippen MR) is 65.6 cm³/mol. The molecule has 9 nitrogen and oxygen atoms in total. The van der Waals surface area contributed by atoms with Crippen LogP contribution in [-0.4, -0.2) is 64.4 Å². The van der Waals surface area contributed by atoms with E-state index < -0.39 is 18.4 Å². The number of aliphatic hydroxyl groups is 2. The average molecular weight is 271 g/mol. The molecule has 1 aliphatic rings. The molecule has 0 amide bonds. The largest absolute Gasteiger partial charge is 0.467 e. The highest BCUT2D eigenvalue weighted by Gasteiger charge is 2.31. The van der Waals surface area contributed by atoms with Crippen molar-refractivity contribution in [1.82, 2.24) is 15.0 Å². The van der Waals surface area contributed by atoms with E-state index in [2.05, 4.69) is 15.0 Å². The van der Waals surface area contributed by atoms with E-state index in [1.165, 1.54) is 7.11 Å². The number of methoxy groups -OCH3 is 1. The maximum atomic E-state index is 9.64. The zero-order valence-electron chi connectivity index (χ0n) is 10.7. The number of anilines is 2. The summed E-state index contributed by atoms with van der Waals surface area (Å²) in [5.41, 5.74) is 5.55. The lowest BCUT2D eigenvalue weighted by Gasteiger charge is -2.35. The fourth-order valence-electron chi connectivity index (χ4n) is 1.76. The number of nitrogens with zero attached hydrogens (tertiary/aromatic N) is 4. The quantitative estimate of drug-likeness (QED) is 0.593. The molecule has 0 aromatic carbocycles. The lowest BCUT2D eigenvalue weighted by molar-refractivity contribution is -0.120. The summed E-state index contributed by atoms with van der Waals surface area (Å²) in [6.07, 6.45) is -1.93. The molecule has 1 aromatic rings. The number of hydrogen-bond donors (Lipinski definition) is 3. The minimum absolute atomic E-state index is 0.0325. The number of ether oxygens (including phenoxy) is 2. The molecule has 1 fully saturated rings. The van der Waals surface area contributed by atoms with Crippen LogP contribution < -0.4 is 15.4 Å². The first-order valence-corrected chi connectivity index (χ1v) is 5.77. The third-order valence-electron chi connectivity index (χ3n) is 2.90. The molecule has 0 spiro atoms. The van der Waals surface area contributed by atoms with Crippen molar-refractivity contribution in [3.05, 3.63) is 0 Å². The van der Waals surface area contributed by atoms with E-state index >= 15 is 0 Å². The summed E-state index contributed by atoms with van der Waals surface area (Å²) in [5, 5.41) is 19.0. The summed E-state index contributed by atoms with van der Waals surface area (Å²) in [5.74, 6) is 0.308. The molecule has 1 saturated heterocycles. The van der Waals surface area contributed by atoms with Gasteiger partial charge in [-0.3, -0.25) is 0 Å². The Morgan fingerprint density at radius 3 is 2.68 bits per heavy atom. The van der Waals surface area contributed by atoms with Crippen LogP contribution in [0.1, 0.15) is 6.42 Å². The summed E-state index contributed by atoms with van der Waals surface area (Å²) in [6, 6.07) is 0.103. The van der Waals surface area contributed by atoms with Gasteiger partial charge < -0.3 is 30.3 Å². The first kappa shape index (κ1) is 13.7. The van der Waals surface area contributed by atoms with Gasteiger partial charge in [-0.2, -0.15) is 15.0 Å². The molecule has 2 heterocycles. The Morgan fingerprint density at radius 2 is 2.05 bits per heavy atom. The minimum atomic E-state index is -0.873. The van der Waals surface area contributed by atoms with Gasteiger partial charge in [0, 0.05) is 13.5 Å². The van der Waals surface area contributed by atoms with E-state index in [4.69, 9.17) is 15.2 Å². The van der Waals surface area contributed by atoms with Gasteiger partial charge in [-0.05, 0) is 0 Å². The highest BCUT2D eigenvalue weighted by molar-refractivity contribution is 5.35. The molecule has 3 atom stereocenters.